The van der Waals surface area contributed by atoms with Crippen molar-refractivity contribution in [1.29, 1.82) is 0 Å². The summed E-state index contributed by atoms with van der Waals surface area (Å²) >= 11 is 0. The van der Waals surface area contributed by atoms with E-state index in [-0.39, 0.29) is 23.7 Å². The van der Waals surface area contributed by atoms with Crippen molar-refractivity contribution in [2.75, 3.05) is 7.11 Å². The van der Waals surface area contributed by atoms with Crippen LogP contribution < -0.4 is 4.74 Å². The zero-order chi connectivity index (χ0) is 18.4. The minimum atomic E-state index is -0.716. The van der Waals surface area contributed by atoms with E-state index in [4.69, 9.17) is 4.74 Å². The maximum Gasteiger partial charge on any atom is 0.163 e. The standard InChI is InChI=1S/C21H22O4/c1-21(2,16-7-5-4-6-8-16)20(24)14-17(22)11-9-15-10-12-18(23)19(13-15)25-3/h4-13,23H,14H2,1-3H3. The molecule has 0 saturated heterocycles. The molecule has 25 heavy (non-hydrogen) atoms. The number of phenolic OH excluding ortho intramolecular Hbond substituents is 1. The molecular weight excluding hydrogens is 316 g/mol. The van der Waals surface area contributed by atoms with Gasteiger partial charge in [0.05, 0.1) is 13.5 Å². The summed E-state index contributed by atoms with van der Waals surface area (Å²) < 4.78 is 5.03. The Morgan fingerprint density at radius 2 is 1.80 bits per heavy atom. The number of aromatic hydroxyl groups is 1. The number of Topliss-reactive ketones (excluding diaryl/α,β-unsaturated/α-hetero) is 1. The first-order valence-electron chi connectivity index (χ1n) is 8.01. The van der Waals surface area contributed by atoms with Crippen LogP contribution in [0, 0.1) is 0 Å². The van der Waals surface area contributed by atoms with Crippen LogP contribution >= 0.6 is 0 Å². The Morgan fingerprint density at radius 3 is 2.44 bits per heavy atom. The van der Waals surface area contributed by atoms with Crippen LogP contribution in [0.25, 0.3) is 6.08 Å². The third kappa shape index (κ3) is 4.57. The van der Waals surface area contributed by atoms with Gasteiger partial charge in [-0.2, -0.15) is 0 Å². The largest absolute Gasteiger partial charge is 0.504 e. The average molecular weight is 338 g/mol. The number of methoxy groups -OCH3 is 1. The summed E-state index contributed by atoms with van der Waals surface area (Å²) in [6.07, 6.45) is 2.82. The van der Waals surface area contributed by atoms with Gasteiger partial charge in [0, 0.05) is 5.41 Å². The third-order valence-electron chi connectivity index (χ3n) is 4.19. The number of carbonyl (C=O) groups excluding carboxylic acids is 2. The minimum Gasteiger partial charge on any atom is -0.504 e. The fraction of sp³-hybridized carbons (Fsp3) is 0.238. The minimum absolute atomic E-state index is 0.0331. The Hall–Kier alpha value is -2.88. The lowest BCUT2D eigenvalue weighted by molar-refractivity contribution is -0.127. The highest BCUT2D eigenvalue weighted by Gasteiger charge is 2.30. The monoisotopic (exact) mass is 338 g/mol. The summed E-state index contributed by atoms with van der Waals surface area (Å²) in [5.74, 6) is -0.0284. The van der Waals surface area contributed by atoms with Crippen LogP contribution in [0.3, 0.4) is 0 Å². The lowest BCUT2D eigenvalue weighted by Gasteiger charge is -2.23. The molecule has 1 N–H and O–H groups in total. The summed E-state index contributed by atoms with van der Waals surface area (Å²) in [7, 11) is 1.46. The van der Waals surface area contributed by atoms with Crippen LogP contribution in [0.1, 0.15) is 31.4 Å². The van der Waals surface area contributed by atoms with E-state index >= 15 is 0 Å². The van der Waals surface area contributed by atoms with Gasteiger partial charge in [0.25, 0.3) is 0 Å². The summed E-state index contributed by atoms with van der Waals surface area (Å²) in [4.78, 5) is 24.7. The van der Waals surface area contributed by atoms with Crippen molar-refractivity contribution < 1.29 is 19.4 Å². The van der Waals surface area contributed by atoms with Crippen LogP contribution in [0.2, 0.25) is 0 Å². The van der Waals surface area contributed by atoms with Crippen molar-refractivity contribution in [2.24, 2.45) is 0 Å². The van der Waals surface area contributed by atoms with Gasteiger partial charge in [-0.1, -0.05) is 42.5 Å². The molecular formula is C21H22O4. The predicted molar refractivity (Wildman–Crippen MR) is 97.8 cm³/mol. The SMILES string of the molecule is COc1cc(C=CC(=O)CC(=O)C(C)(C)c2ccccc2)ccc1O. The van der Waals surface area contributed by atoms with Crippen molar-refractivity contribution in [3.63, 3.8) is 0 Å². The van der Waals surface area contributed by atoms with Crippen molar-refractivity contribution in [2.45, 2.75) is 25.7 Å². The van der Waals surface area contributed by atoms with E-state index in [0.29, 0.717) is 11.3 Å². The molecule has 0 aliphatic carbocycles. The summed E-state index contributed by atoms with van der Waals surface area (Å²) in [6, 6.07) is 14.2. The number of benzene rings is 2. The summed E-state index contributed by atoms with van der Waals surface area (Å²) in [5, 5.41) is 9.57. The summed E-state index contributed by atoms with van der Waals surface area (Å²) in [5.41, 5.74) is 0.879. The molecule has 2 aromatic rings. The van der Waals surface area contributed by atoms with E-state index < -0.39 is 5.41 Å². The zero-order valence-corrected chi connectivity index (χ0v) is 14.7. The lowest BCUT2D eigenvalue weighted by atomic mass is 9.79. The van der Waals surface area contributed by atoms with E-state index in [0.717, 1.165) is 5.56 Å². The molecule has 0 aromatic heterocycles. The number of ketones is 2. The molecule has 0 aliphatic heterocycles. The van der Waals surface area contributed by atoms with E-state index in [2.05, 4.69) is 0 Å². The second-order valence-electron chi connectivity index (χ2n) is 6.32. The zero-order valence-electron chi connectivity index (χ0n) is 14.7. The van der Waals surface area contributed by atoms with E-state index in [1.165, 1.54) is 19.3 Å². The van der Waals surface area contributed by atoms with Crippen LogP contribution in [0.15, 0.2) is 54.6 Å². The Morgan fingerprint density at radius 1 is 1.12 bits per heavy atom. The molecule has 4 nitrogen and oxygen atoms in total. The molecule has 2 rings (SSSR count). The Kier molecular flexibility index (Phi) is 5.75. The molecule has 0 saturated carbocycles. The van der Waals surface area contributed by atoms with Crippen LogP contribution in [-0.4, -0.2) is 23.8 Å². The topological polar surface area (TPSA) is 63.6 Å². The Balaban J connectivity index is 2.05. The number of rotatable bonds is 7. The van der Waals surface area contributed by atoms with Crippen LogP contribution in [-0.2, 0) is 15.0 Å². The maximum atomic E-state index is 12.5. The fourth-order valence-corrected chi connectivity index (χ4v) is 2.44. The number of ether oxygens (including phenoxy) is 1. The van der Waals surface area contributed by atoms with Gasteiger partial charge >= 0.3 is 0 Å². The molecule has 0 unspecified atom stereocenters. The van der Waals surface area contributed by atoms with E-state index in [1.807, 2.05) is 44.2 Å². The first-order valence-corrected chi connectivity index (χ1v) is 8.01. The molecule has 0 atom stereocenters. The second-order valence-corrected chi connectivity index (χ2v) is 6.32. The van der Waals surface area contributed by atoms with Crippen molar-refractivity contribution >= 4 is 17.6 Å². The first kappa shape index (κ1) is 18.5. The number of carbonyl (C=O) groups is 2. The molecule has 2 aromatic carbocycles. The van der Waals surface area contributed by atoms with Crippen LogP contribution in [0.4, 0.5) is 0 Å². The molecule has 0 aliphatic rings. The smallest absolute Gasteiger partial charge is 0.163 e. The Labute approximate surface area is 147 Å². The first-order chi connectivity index (χ1) is 11.8. The molecule has 0 bridgehead atoms. The second kappa shape index (κ2) is 7.79. The average Bonchev–Trinajstić information content (AvgIpc) is 2.61. The predicted octanol–water partition coefficient (Wildman–Crippen LogP) is 3.92. The van der Waals surface area contributed by atoms with Crippen molar-refractivity contribution in [1.82, 2.24) is 0 Å². The van der Waals surface area contributed by atoms with Gasteiger partial charge in [-0.3, -0.25) is 9.59 Å². The molecule has 4 heteroatoms. The van der Waals surface area contributed by atoms with Crippen molar-refractivity contribution in [3.8, 4) is 11.5 Å². The molecule has 0 spiro atoms. The maximum absolute atomic E-state index is 12.5. The third-order valence-corrected chi connectivity index (χ3v) is 4.19. The van der Waals surface area contributed by atoms with Gasteiger partial charge < -0.3 is 9.84 Å². The highest BCUT2D eigenvalue weighted by Crippen LogP contribution is 2.27. The van der Waals surface area contributed by atoms with Gasteiger partial charge in [-0.15, -0.1) is 0 Å². The normalized spacial score (nSPS) is 11.5. The van der Waals surface area contributed by atoms with Crippen molar-refractivity contribution in [3.05, 3.63) is 65.7 Å². The van der Waals surface area contributed by atoms with Crippen LogP contribution in [0.5, 0.6) is 11.5 Å². The van der Waals surface area contributed by atoms with E-state index in [1.54, 1.807) is 18.2 Å². The van der Waals surface area contributed by atoms with Gasteiger partial charge in [-0.05, 0) is 43.2 Å². The van der Waals surface area contributed by atoms with Gasteiger partial charge in [0.1, 0.15) is 0 Å². The number of hydrogen-bond acceptors (Lipinski definition) is 4. The molecule has 0 fully saturated rings. The molecule has 0 amide bonds. The molecule has 0 heterocycles. The Bertz CT molecular complexity index is 789. The van der Waals surface area contributed by atoms with Gasteiger partial charge in [0.15, 0.2) is 23.1 Å². The number of allylic oxidation sites excluding steroid dienone is 1. The van der Waals surface area contributed by atoms with Gasteiger partial charge in [-0.25, -0.2) is 0 Å². The van der Waals surface area contributed by atoms with Gasteiger partial charge in [0.2, 0.25) is 0 Å². The fourth-order valence-electron chi connectivity index (χ4n) is 2.44. The quantitative estimate of drug-likeness (QED) is 0.614. The number of hydrogen-bond donors (Lipinski definition) is 1. The molecule has 130 valence electrons. The molecule has 0 radical (unpaired) electrons. The number of phenols is 1. The summed E-state index contributed by atoms with van der Waals surface area (Å²) in [6.45, 7) is 3.65. The van der Waals surface area contributed by atoms with E-state index in [9.17, 15) is 14.7 Å². The highest BCUT2D eigenvalue weighted by atomic mass is 16.5. The lowest BCUT2D eigenvalue weighted by Crippen LogP contribution is -2.30. The highest BCUT2D eigenvalue weighted by molar-refractivity contribution is 6.09.